The Labute approximate surface area is 123 Å². The molecule has 2 rings (SSSR count). The molecule has 21 heavy (non-hydrogen) atoms. The molecule has 0 saturated carbocycles. The Morgan fingerprint density at radius 1 is 1.24 bits per heavy atom. The van der Waals surface area contributed by atoms with Gasteiger partial charge >= 0.3 is 6.18 Å². The second-order valence-electron chi connectivity index (χ2n) is 5.57. The molecule has 1 N–H and O–H groups in total. The highest BCUT2D eigenvalue weighted by molar-refractivity contribution is 5.26. The number of alkyl halides is 3. The van der Waals surface area contributed by atoms with E-state index in [9.17, 15) is 13.2 Å². The van der Waals surface area contributed by atoms with Crippen LogP contribution in [0.15, 0.2) is 24.3 Å². The second kappa shape index (κ2) is 7.27. The third-order valence-electron chi connectivity index (χ3n) is 3.93. The first kappa shape index (κ1) is 16.3. The molecule has 118 valence electrons. The molecule has 5 heteroatoms. The van der Waals surface area contributed by atoms with Crippen LogP contribution in [0.2, 0.25) is 0 Å². The smallest absolute Gasteiger partial charge is 0.378 e. The fraction of sp³-hybridized carbons (Fsp3) is 0.625. The average molecular weight is 301 g/mol. The summed E-state index contributed by atoms with van der Waals surface area (Å²) in [6, 6.07) is 5.39. The van der Waals surface area contributed by atoms with E-state index in [0.717, 1.165) is 50.1 Å². The van der Waals surface area contributed by atoms with Gasteiger partial charge in [0.2, 0.25) is 0 Å². The van der Waals surface area contributed by atoms with Crippen LogP contribution in [0.4, 0.5) is 13.2 Å². The molecule has 2 unspecified atom stereocenters. The predicted molar refractivity (Wildman–Crippen MR) is 76.1 cm³/mol. The van der Waals surface area contributed by atoms with Crippen LogP contribution in [0, 0.1) is 0 Å². The maximum absolute atomic E-state index is 12.5. The lowest BCUT2D eigenvalue weighted by Gasteiger charge is -2.23. The molecule has 1 fully saturated rings. The van der Waals surface area contributed by atoms with E-state index in [2.05, 4.69) is 5.32 Å². The van der Waals surface area contributed by atoms with Crippen LogP contribution in [0.25, 0.3) is 0 Å². The van der Waals surface area contributed by atoms with Crippen LogP contribution >= 0.6 is 0 Å². The molecule has 1 aliphatic rings. The summed E-state index contributed by atoms with van der Waals surface area (Å²) in [6.45, 7) is 3.62. The number of halogens is 3. The van der Waals surface area contributed by atoms with Crippen LogP contribution in [0.3, 0.4) is 0 Å². The summed E-state index contributed by atoms with van der Waals surface area (Å²) in [6.07, 6.45) is 0.478. The number of ether oxygens (including phenoxy) is 1. The van der Waals surface area contributed by atoms with Crippen molar-refractivity contribution in [2.75, 3.05) is 13.2 Å². The second-order valence-corrected chi connectivity index (χ2v) is 5.57. The highest BCUT2D eigenvalue weighted by Gasteiger charge is 2.30. The zero-order valence-electron chi connectivity index (χ0n) is 12.2. The monoisotopic (exact) mass is 301 g/mol. The summed E-state index contributed by atoms with van der Waals surface area (Å²) in [5.74, 6) is 0. The minimum atomic E-state index is -4.27. The van der Waals surface area contributed by atoms with Crippen molar-refractivity contribution in [2.45, 2.75) is 50.9 Å². The van der Waals surface area contributed by atoms with Crippen LogP contribution in [0.1, 0.15) is 49.8 Å². The van der Waals surface area contributed by atoms with Gasteiger partial charge in [-0.15, -0.1) is 0 Å². The van der Waals surface area contributed by atoms with Crippen LogP contribution in [0.5, 0.6) is 0 Å². The van der Waals surface area contributed by atoms with Gasteiger partial charge in [0.05, 0.1) is 11.7 Å². The van der Waals surface area contributed by atoms with Gasteiger partial charge in [-0.1, -0.05) is 12.1 Å². The standard InChI is InChI=1S/C16H22F3NO/c1-12(20-10-9-15-4-2-3-11-21-15)13-5-7-14(8-6-13)16(17,18)19/h5-8,12,15,20H,2-4,9-11H2,1H3. The fourth-order valence-corrected chi connectivity index (χ4v) is 2.57. The first-order chi connectivity index (χ1) is 9.97. The first-order valence-electron chi connectivity index (χ1n) is 7.49. The number of hydrogen-bond acceptors (Lipinski definition) is 2. The first-order valence-corrected chi connectivity index (χ1v) is 7.49. The lowest BCUT2D eigenvalue weighted by atomic mass is 10.0. The van der Waals surface area contributed by atoms with Crippen molar-refractivity contribution in [3.8, 4) is 0 Å². The summed E-state index contributed by atoms with van der Waals surface area (Å²) in [4.78, 5) is 0. The Kier molecular flexibility index (Phi) is 5.65. The minimum Gasteiger partial charge on any atom is -0.378 e. The molecular weight excluding hydrogens is 279 g/mol. The Balaban J connectivity index is 1.78. The minimum absolute atomic E-state index is 0.0378. The van der Waals surface area contributed by atoms with E-state index in [1.165, 1.54) is 18.6 Å². The molecule has 0 aromatic heterocycles. The van der Waals surface area contributed by atoms with E-state index in [-0.39, 0.29) is 6.04 Å². The van der Waals surface area contributed by atoms with Gasteiger partial charge in [0.25, 0.3) is 0 Å². The van der Waals surface area contributed by atoms with E-state index >= 15 is 0 Å². The number of rotatable bonds is 5. The molecular formula is C16H22F3NO. The summed E-state index contributed by atoms with van der Waals surface area (Å²) in [5, 5.41) is 3.34. The molecule has 2 atom stereocenters. The molecule has 1 heterocycles. The topological polar surface area (TPSA) is 21.3 Å². The number of benzene rings is 1. The van der Waals surface area contributed by atoms with Crippen molar-refractivity contribution in [2.24, 2.45) is 0 Å². The number of hydrogen-bond donors (Lipinski definition) is 1. The summed E-state index contributed by atoms with van der Waals surface area (Å²) in [5.41, 5.74) is 0.265. The Bertz CT molecular complexity index is 424. The predicted octanol–water partition coefficient (Wildman–Crippen LogP) is 4.32. The van der Waals surface area contributed by atoms with Gasteiger partial charge in [-0.3, -0.25) is 0 Å². The SMILES string of the molecule is CC(NCCC1CCCCO1)c1ccc(C(F)(F)F)cc1. The van der Waals surface area contributed by atoms with Gasteiger partial charge in [0.1, 0.15) is 0 Å². The largest absolute Gasteiger partial charge is 0.416 e. The Morgan fingerprint density at radius 2 is 1.95 bits per heavy atom. The normalized spacial score (nSPS) is 21.2. The molecule has 2 nitrogen and oxygen atoms in total. The van der Waals surface area contributed by atoms with E-state index < -0.39 is 11.7 Å². The van der Waals surface area contributed by atoms with E-state index in [1.807, 2.05) is 6.92 Å². The van der Waals surface area contributed by atoms with Crippen molar-refractivity contribution in [1.29, 1.82) is 0 Å². The zero-order valence-corrected chi connectivity index (χ0v) is 12.2. The third kappa shape index (κ3) is 5.00. The lowest BCUT2D eigenvalue weighted by molar-refractivity contribution is -0.137. The van der Waals surface area contributed by atoms with Gasteiger partial charge in [-0.25, -0.2) is 0 Å². The Hall–Kier alpha value is -1.07. The van der Waals surface area contributed by atoms with Gasteiger partial charge in [-0.2, -0.15) is 13.2 Å². The van der Waals surface area contributed by atoms with Crippen molar-refractivity contribution < 1.29 is 17.9 Å². The van der Waals surface area contributed by atoms with Gasteiger partial charge in [-0.05, 0) is 56.8 Å². The molecule has 1 aromatic rings. The van der Waals surface area contributed by atoms with E-state index in [4.69, 9.17) is 4.74 Å². The fourth-order valence-electron chi connectivity index (χ4n) is 2.57. The van der Waals surface area contributed by atoms with Crippen molar-refractivity contribution in [3.05, 3.63) is 35.4 Å². The van der Waals surface area contributed by atoms with Crippen molar-refractivity contribution in [3.63, 3.8) is 0 Å². The molecule has 0 aliphatic carbocycles. The summed E-state index contributed by atoms with van der Waals surface area (Å²) < 4.78 is 43.2. The highest BCUT2D eigenvalue weighted by Crippen LogP contribution is 2.29. The van der Waals surface area contributed by atoms with Gasteiger partial charge in [0, 0.05) is 12.6 Å². The summed E-state index contributed by atoms with van der Waals surface area (Å²) >= 11 is 0. The summed E-state index contributed by atoms with van der Waals surface area (Å²) in [7, 11) is 0. The molecule has 0 radical (unpaired) electrons. The molecule has 1 saturated heterocycles. The van der Waals surface area contributed by atoms with Crippen LogP contribution < -0.4 is 5.32 Å². The maximum Gasteiger partial charge on any atom is 0.416 e. The van der Waals surface area contributed by atoms with Gasteiger partial charge < -0.3 is 10.1 Å². The third-order valence-corrected chi connectivity index (χ3v) is 3.93. The maximum atomic E-state index is 12.5. The molecule has 0 amide bonds. The molecule has 1 aliphatic heterocycles. The highest BCUT2D eigenvalue weighted by atomic mass is 19.4. The molecule has 0 spiro atoms. The van der Waals surface area contributed by atoms with E-state index in [0.29, 0.717) is 6.10 Å². The lowest BCUT2D eigenvalue weighted by Crippen LogP contribution is -2.27. The van der Waals surface area contributed by atoms with Crippen LogP contribution in [-0.2, 0) is 10.9 Å². The quantitative estimate of drug-likeness (QED) is 0.874. The Morgan fingerprint density at radius 3 is 2.52 bits per heavy atom. The zero-order chi connectivity index (χ0) is 15.3. The van der Waals surface area contributed by atoms with Gasteiger partial charge in [0.15, 0.2) is 0 Å². The van der Waals surface area contributed by atoms with Crippen molar-refractivity contribution in [1.82, 2.24) is 5.32 Å². The van der Waals surface area contributed by atoms with E-state index in [1.54, 1.807) is 0 Å². The number of nitrogens with one attached hydrogen (secondary N) is 1. The molecule has 0 bridgehead atoms. The van der Waals surface area contributed by atoms with Crippen molar-refractivity contribution >= 4 is 0 Å². The average Bonchev–Trinajstić information content (AvgIpc) is 2.47. The van der Waals surface area contributed by atoms with Crippen LogP contribution in [-0.4, -0.2) is 19.3 Å². The molecule has 1 aromatic carbocycles.